The van der Waals surface area contributed by atoms with Crippen molar-refractivity contribution in [1.29, 1.82) is 0 Å². The van der Waals surface area contributed by atoms with Crippen LogP contribution in [0.25, 0.3) is 0 Å². The van der Waals surface area contributed by atoms with Crippen molar-refractivity contribution in [3.8, 4) is 0 Å². The van der Waals surface area contributed by atoms with Crippen LogP contribution >= 0.6 is 0 Å². The second-order valence-corrected chi connectivity index (χ2v) is 3.73. The zero-order valence-electron chi connectivity index (χ0n) is 7.43. The van der Waals surface area contributed by atoms with Crippen LogP contribution in [0.15, 0.2) is 0 Å². The van der Waals surface area contributed by atoms with Gasteiger partial charge in [-0.05, 0) is 14.0 Å². The van der Waals surface area contributed by atoms with Crippen LogP contribution in [0.5, 0.6) is 0 Å². The summed E-state index contributed by atoms with van der Waals surface area (Å²) >= 11 is 0. The Balaban J connectivity index is 2.45. The fourth-order valence-corrected chi connectivity index (χ4v) is 1.70. The minimum Gasteiger partial charge on any atom is -0.314 e. The Morgan fingerprint density at radius 3 is 2.60 bits per heavy atom. The van der Waals surface area contributed by atoms with Crippen LogP contribution in [-0.2, 0) is 0 Å². The Bertz CT molecular complexity index is 114. The Morgan fingerprint density at radius 1 is 1.50 bits per heavy atom. The first-order chi connectivity index (χ1) is 4.66. The molecule has 1 saturated heterocycles. The summed E-state index contributed by atoms with van der Waals surface area (Å²) in [5.41, 5.74) is 0. The fourth-order valence-electron chi connectivity index (χ4n) is 1.70. The molecule has 2 heteroatoms. The van der Waals surface area contributed by atoms with Crippen LogP contribution in [0, 0.1) is 0 Å². The largest absolute Gasteiger partial charge is 0.314 e. The lowest BCUT2D eigenvalue weighted by Gasteiger charge is -2.40. The number of nitrogens with zero attached hydrogens (tertiary/aromatic N) is 2. The normalized spacial score (nSPS) is 36.3. The minimum atomic E-state index is 1.23. The summed E-state index contributed by atoms with van der Waals surface area (Å²) in [6, 6.07) is 0. The van der Waals surface area contributed by atoms with Gasteiger partial charge in [-0.2, -0.15) is 0 Å². The molecule has 0 aromatic heterocycles. The quantitative estimate of drug-likeness (QED) is 0.489. The molecule has 1 aliphatic heterocycles. The van der Waals surface area contributed by atoms with E-state index >= 15 is 0 Å². The minimum absolute atomic E-state index is 1.23. The van der Waals surface area contributed by atoms with E-state index in [1.165, 1.54) is 37.2 Å². The maximum Gasteiger partial charge on any atom is 0.134 e. The van der Waals surface area contributed by atoms with Crippen molar-refractivity contribution in [1.82, 2.24) is 4.90 Å². The summed E-state index contributed by atoms with van der Waals surface area (Å²) in [5.74, 6) is 0. The second-order valence-electron chi connectivity index (χ2n) is 3.73. The summed E-state index contributed by atoms with van der Waals surface area (Å²) in [4.78, 5) is 2.42. The number of rotatable bonds is 1. The third kappa shape index (κ3) is 1.70. The van der Waals surface area contributed by atoms with Crippen molar-refractivity contribution in [3.63, 3.8) is 0 Å². The van der Waals surface area contributed by atoms with Crippen LogP contribution in [0.4, 0.5) is 0 Å². The van der Waals surface area contributed by atoms with E-state index in [2.05, 4.69) is 25.9 Å². The van der Waals surface area contributed by atoms with Gasteiger partial charge < -0.3 is 4.48 Å². The molecule has 0 saturated carbocycles. The van der Waals surface area contributed by atoms with E-state index in [-0.39, 0.29) is 0 Å². The third-order valence-electron chi connectivity index (χ3n) is 2.58. The van der Waals surface area contributed by atoms with Crippen molar-refractivity contribution >= 4 is 0 Å². The van der Waals surface area contributed by atoms with Gasteiger partial charge in [-0.3, -0.25) is 4.90 Å². The molecule has 0 bridgehead atoms. The molecule has 1 heterocycles. The lowest BCUT2D eigenvalue weighted by molar-refractivity contribution is -0.922. The van der Waals surface area contributed by atoms with E-state index in [0.29, 0.717) is 0 Å². The van der Waals surface area contributed by atoms with Gasteiger partial charge in [-0.25, -0.2) is 0 Å². The summed E-state index contributed by atoms with van der Waals surface area (Å²) in [6.45, 7) is 7.43. The van der Waals surface area contributed by atoms with Gasteiger partial charge in [0.05, 0.1) is 20.1 Å². The van der Waals surface area contributed by atoms with Crippen LogP contribution in [-0.4, -0.2) is 49.8 Å². The number of hydrogen-bond acceptors (Lipinski definition) is 1. The Hall–Kier alpha value is -0.0800. The molecule has 0 aromatic carbocycles. The molecule has 1 fully saturated rings. The van der Waals surface area contributed by atoms with Crippen LogP contribution in [0.2, 0.25) is 0 Å². The first-order valence-corrected chi connectivity index (χ1v) is 4.18. The van der Waals surface area contributed by atoms with Crippen LogP contribution in [0.1, 0.15) is 13.3 Å². The van der Waals surface area contributed by atoms with E-state index in [4.69, 9.17) is 0 Å². The summed E-state index contributed by atoms with van der Waals surface area (Å²) in [5, 5.41) is 0. The first kappa shape index (κ1) is 8.02. The Labute approximate surface area is 64.0 Å². The van der Waals surface area contributed by atoms with Crippen LogP contribution < -0.4 is 0 Å². The van der Waals surface area contributed by atoms with Gasteiger partial charge in [0, 0.05) is 13.0 Å². The molecule has 0 radical (unpaired) electrons. The van der Waals surface area contributed by atoms with Gasteiger partial charge in [0.2, 0.25) is 0 Å². The van der Waals surface area contributed by atoms with E-state index in [1.54, 1.807) is 0 Å². The Kier molecular flexibility index (Phi) is 2.32. The predicted octanol–water partition coefficient (Wildman–Crippen LogP) is 0.746. The highest BCUT2D eigenvalue weighted by molar-refractivity contribution is 4.52. The zero-order valence-corrected chi connectivity index (χ0v) is 7.43. The molecule has 0 spiro atoms. The SMILES string of the molecule is CC[N@+]1(C)CCCN(C)C1. The lowest BCUT2D eigenvalue weighted by atomic mass is 10.2. The predicted molar refractivity (Wildman–Crippen MR) is 43.7 cm³/mol. The first-order valence-electron chi connectivity index (χ1n) is 4.18. The molecule has 10 heavy (non-hydrogen) atoms. The molecule has 1 rings (SSSR count). The molecule has 0 aromatic rings. The maximum absolute atomic E-state index is 2.42. The zero-order chi connectivity index (χ0) is 7.61. The van der Waals surface area contributed by atoms with Crippen molar-refractivity contribution in [2.75, 3.05) is 40.4 Å². The molecule has 0 amide bonds. The molecule has 60 valence electrons. The van der Waals surface area contributed by atoms with Gasteiger partial charge in [0.1, 0.15) is 6.67 Å². The molecule has 2 nitrogen and oxygen atoms in total. The monoisotopic (exact) mass is 143 g/mol. The number of quaternary nitrogens is 1. The molecular weight excluding hydrogens is 124 g/mol. The average molecular weight is 143 g/mol. The van der Waals surface area contributed by atoms with Gasteiger partial charge in [0.15, 0.2) is 0 Å². The molecule has 1 aliphatic rings. The summed E-state index contributed by atoms with van der Waals surface area (Å²) in [6.07, 6.45) is 1.36. The summed E-state index contributed by atoms with van der Waals surface area (Å²) in [7, 11) is 4.56. The van der Waals surface area contributed by atoms with Crippen molar-refractivity contribution in [3.05, 3.63) is 0 Å². The van der Waals surface area contributed by atoms with E-state index in [0.717, 1.165) is 0 Å². The lowest BCUT2D eigenvalue weighted by Crippen LogP contribution is -2.55. The topological polar surface area (TPSA) is 3.24 Å². The van der Waals surface area contributed by atoms with Gasteiger partial charge in [-0.15, -0.1) is 0 Å². The van der Waals surface area contributed by atoms with E-state index < -0.39 is 0 Å². The van der Waals surface area contributed by atoms with E-state index in [1.807, 2.05) is 0 Å². The van der Waals surface area contributed by atoms with Gasteiger partial charge in [-0.1, -0.05) is 0 Å². The highest BCUT2D eigenvalue weighted by Crippen LogP contribution is 2.10. The molecule has 0 unspecified atom stereocenters. The third-order valence-corrected chi connectivity index (χ3v) is 2.58. The molecule has 0 aliphatic carbocycles. The smallest absolute Gasteiger partial charge is 0.134 e. The molecular formula is C8H19N2+. The fraction of sp³-hybridized carbons (Fsp3) is 1.00. The van der Waals surface area contributed by atoms with Crippen molar-refractivity contribution < 1.29 is 4.48 Å². The Morgan fingerprint density at radius 2 is 2.20 bits per heavy atom. The second kappa shape index (κ2) is 2.89. The highest BCUT2D eigenvalue weighted by atomic mass is 15.4. The van der Waals surface area contributed by atoms with Gasteiger partial charge in [0.25, 0.3) is 0 Å². The van der Waals surface area contributed by atoms with Crippen molar-refractivity contribution in [2.24, 2.45) is 0 Å². The van der Waals surface area contributed by atoms with Crippen LogP contribution in [0.3, 0.4) is 0 Å². The summed E-state index contributed by atoms with van der Waals surface area (Å²) < 4.78 is 1.23. The highest BCUT2D eigenvalue weighted by Gasteiger charge is 2.24. The standard InChI is InChI=1S/C8H19N2/c1-4-10(3)7-5-6-9(2)8-10/h4-8H2,1-3H3/q+1/t10-/m1/s1. The average Bonchev–Trinajstić information content (AvgIpc) is 1.88. The van der Waals surface area contributed by atoms with Crippen molar-refractivity contribution in [2.45, 2.75) is 13.3 Å². The maximum atomic E-state index is 2.42. The van der Waals surface area contributed by atoms with Gasteiger partial charge >= 0.3 is 0 Å². The van der Waals surface area contributed by atoms with E-state index in [9.17, 15) is 0 Å². The number of hydrogen-bond donors (Lipinski definition) is 0. The molecule has 0 N–H and O–H groups in total. The molecule has 1 atom stereocenters.